The van der Waals surface area contributed by atoms with E-state index in [1.807, 2.05) is 6.92 Å². The van der Waals surface area contributed by atoms with Gasteiger partial charge in [-0.2, -0.15) is 4.31 Å². The van der Waals surface area contributed by atoms with Crippen LogP contribution in [0.3, 0.4) is 0 Å². The van der Waals surface area contributed by atoms with E-state index >= 15 is 0 Å². The molecule has 1 aliphatic heterocycles. The van der Waals surface area contributed by atoms with Crippen molar-refractivity contribution >= 4 is 39.1 Å². The Hall–Kier alpha value is -3.58. The number of benzene rings is 2. The van der Waals surface area contributed by atoms with Crippen LogP contribution in [0.5, 0.6) is 5.75 Å². The number of aromatic nitrogens is 2. The van der Waals surface area contributed by atoms with Crippen molar-refractivity contribution in [3.05, 3.63) is 77.3 Å². The molecule has 4 rings (SSSR count). The van der Waals surface area contributed by atoms with Gasteiger partial charge in [-0.05, 0) is 43.3 Å². The largest absolute Gasteiger partial charge is 0.486 e. The highest BCUT2D eigenvalue weighted by Gasteiger charge is 2.36. The van der Waals surface area contributed by atoms with Gasteiger partial charge >= 0.3 is 0 Å². The average molecular weight is 588 g/mol. The van der Waals surface area contributed by atoms with Crippen LogP contribution >= 0.6 is 11.6 Å². The van der Waals surface area contributed by atoms with Gasteiger partial charge in [0.05, 0.1) is 41.5 Å². The summed E-state index contributed by atoms with van der Waals surface area (Å²) < 4.78 is 34.2. The number of sulfonamides is 1. The van der Waals surface area contributed by atoms with E-state index in [-0.39, 0.29) is 59.1 Å². The Kier molecular flexibility index (Phi) is 9.04. The zero-order valence-corrected chi connectivity index (χ0v) is 23.8. The third kappa shape index (κ3) is 6.25. The first-order valence-corrected chi connectivity index (χ1v) is 14.4. The fourth-order valence-electron chi connectivity index (χ4n) is 4.30. The van der Waals surface area contributed by atoms with Crippen molar-refractivity contribution in [2.75, 3.05) is 32.1 Å². The molecule has 2 amide bonds. The number of nitrogens with zero attached hydrogens (tertiary/aromatic N) is 4. The van der Waals surface area contributed by atoms with Crippen molar-refractivity contribution in [2.24, 2.45) is 5.92 Å². The number of carbonyl (C=O) groups excluding carboxylic acids is 2. The van der Waals surface area contributed by atoms with Crippen LogP contribution in [-0.4, -0.2) is 83.4 Å². The molecule has 0 aliphatic carbocycles. The lowest BCUT2D eigenvalue weighted by Gasteiger charge is -2.38. The molecule has 1 aromatic heterocycles. The maximum atomic E-state index is 13.6. The van der Waals surface area contributed by atoms with E-state index in [2.05, 4.69) is 15.3 Å². The molecular formula is C27H30ClN5O6S. The SMILES string of the molecule is C[C@@H]1CN([C@@H](C)CO)C(=O)c2cccc(NC(=O)c3cnccn3)c2O[C@@H]1CN(C)S(=O)(=O)c1ccc(Cl)cc1. The molecule has 3 aromatic rings. The van der Waals surface area contributed by atoms with Crippen LogP contribution in [0.25, 0.3) is 0 Å². The van der Waals surface area contributed by atoms with E-state index in [0.717, 1.165) is 0 Å². The molecule has 13 heteroatoms. The van der Waals surface area contributed by atoms with Crippen molar-refractivity contribution in [3.63, 3.8) is 0 Å². The minimum absolute atomic E-state index is 0.0616. The molecule has 11 nitrogen and oxygen atoms in total. The van der Waals surface area contributed by atoms with Gasteiger partial charge in [-0.3, -0.25) is 14.6 Å². The number of anilines is 1. The van der Waals surface area contributed by atoms with Gasteiger partial charge in [0.2, 0.25) is 10.0 Å². The first-order valence-electron chi connectivity index (χ1n) is 12.5. The van der Waals surface area contributed by atoms with Crippen LogP contribution in [0, 0.1) is 5.92 Å². The number of likely N-dealkylation sites (N-methyl/N-ethyl adjacent to an activating group) is 1. The molecule has 0 bridgehead atoms. The highest BCUT2D eigenvalue weighted by atomic mass is 35.5. The number of aliphatic hydroxyl groups is 1. The number of amides is 2. The molecule has 0 spiro atoms. The summed E-state index contributed by atoms with van der Waals surface area (Å²) in [6, 6.07) is 10.1. The van der Waals surface area contributed by atoms with Gasteiger partial charge in [0, 0.05) is 36.9 Å². The molecule has 2 N–H and O–H groups in total. The number of carbonyl (C=O) groups is 2. The first-order chi connectivity index (χ1) is 19.0. The molecular weight excluding hydrogens is 558 g/mol. The molecule has 2 heterocycles. The van der Waals surface area contributed by atoms with Crippen LogP contribution < -0.4 is 10.1 Å². The quantitative estimate of drug-likeness (QED) is 0.410. The van der Waals surface area contributed by atoms with E-state index in [4.69, 9.17) is 16.3 Å². The van der Waals surface area contributed by atoms with E-state index in [0.29, 0.717) is 5.02 Å². The van der Waals surface area contributed by atoms with E-state index in [9.17, 15) is 23.1 Å². The van der Waals surface area contributed by atoms with E-state index < -0.39 is 28.1 Å². The van der Waals surface area contributed by atoms with Gasteiger partial charge in [-0.1, -0.05) is 24.6 Å². The molecule has 1 aliphatic rings. The predicted molar refractivity (Wildman–Crippen MR) is 149 cm³/mol. The highest BCUT2D eigenvalue weighted by molar-refractivity contribution is 7.89. The molecule has 3 atom stereocenters. The van der Waals surface area contributed by atoms with Crippen LogP contribution in [-0.2, 0) is 10.0 Å². The van der Waals surface area contributed by atoms with Crippen molar-refractivity contribution in [1.29, 1.82) is 0 Å². The second-order valence-corrected chi connectivity index (χ2v) is 12.1. The zero-order valence-electron chi connectivity index (χ0n) is 22.2. The summed E-state index contributed by atoms with van der Waals surface area (Å²) >= 11 is 5.93. The second-order valence-electron chi connectivity index (χ2n) is 9.59. The number of ether oxygens (including phenoxy) is 1. The van der Waals surface area contributed by atoms with Crippen molar-refractivity contribution in [2.45, 2.75) is 30.9 Å². The number of aliphatic hydroxyl groups excluding tert-OH is 1. The number of hydrogen-bond donors (Lipinski definition) is 2. The van der Waals surface area contributed by atoms with Gasteiger partial charge in [0.15, 0.2) is 5.75 Å². The predicted octanol–water partition coefficient (Wildman–Crippen LogP) is 2.92. The number of rotatable bonds is 8. The fraction of sp³-hybridized carbons (Fsp3) is 0.333. The third-order valence-electron chi connectivity index (χ3n) is 6.69. The van der Waals surface area contributed by atoms with Crippen molar-refractivity contribution < 1.29 is 27.9 Å². The maximum Gasteiger partial charge on any atom is 0.275 e. The maximum absolute atomic E-state index is 13.6. The number of fused-ring (bicyclic) bond motifs is 1. The summed E-state index contributed by atoms with van der Waals surface area (Å²) in [7, 11) is -2.45. The van der Waals surface area contributed by atoms with E-state index in [1.165, 1.54) is 59.1 Å². The number of halogens is 1. The Morgan fingerprint density at radius 2 is 1.98 bits per heavy atom. The van der Waals surface area contributed by atoms with Gasteiger partial charge < -0.3 is 20.1 Å². The van der Waals surface area contributed by atoms with Gasteiger partial charge in [0.1, 0.15) is 11.8 Å². The normalized spacial score (nSPS) is 18.4. The summed E-state index contributed by atoms with van der Waals surface area (Å²) in [6.07, 6.45) is 3.39. The first kappa shape index (κ1) is 29.4. The Balaban J connectivity index is 1.72. The molecule has 40 heavy (non-hydrogen) atoms. The van der Waals surface area contributed by atoms with Crippen LogP contribution in [0.2, 0.25) is 5.02 Å². The van der Waals surface area contributed by atoms with Gasteiger partial charge in [-0.25, -0.2) is 13.4 Å². The van der Waals surface area contributed by atoms with Crippen LogP contribution in [0.4, 0.5) is 5.69 Å². The standard InChI is InChI=1S/C27H30ClN5O6S/c1-17-14-33(18(2)16-34)27(36)21-5-4-6-22(31-26(35)23-13-29-11-12-30-23)25(21)39-24(17)15-32(3)40(37,38)20-9-7-19(28)8-10-20/h4-13,17-18,24,34H,14-16H2,1-3H3,(H,31,35)/t17-,18+,24-/m1/s1. The third-order valence-corrected chi connectivity index (χ3v) is 8.78. The van der Waals surface area contributed by atoms with Crippen molar-refractivity contribution in [3.8, 4) is 5.75 Å². The molecule has 0 radical (unpaired) electrons. The Labute approximate surface area is 237 Å². The van der Waals surface area contributed by atoms with E-state index in [1.54, 1.807) is 25.1 Å². The Morgan fingerprint density at radius 1 is 1.25 bits per heavy atom. The summed E-state index contributed by atoms with van der Waals surface area (Å²) in [5.41, 5.74) is 0.435. The molecule has 212 valence electrons. The van der Waals surface area contributed by atoms with Crippen LogP contribution in [0.1, 0.15) is 34.7 Å². The number of hydrogen-bond acceptors (Lipinski definition) is 8. The molecule has 2 aromatic carbocycles. The Bertz CT molecular complexity index is 1470. The summed E-state index contributed by atoms with van der Waals surface area (Å²) in [5, 5.41) is 13.0. The van der Waals surface area contributed by atoms with Crippen LogP contribution in [0.15, 0.2) is 66.0 Å². The smallest absolute Gasteiger partial charge is 0.275 e. The summed E-state index contributed by atoms with van der Waals surface area (Å²) in [6.45, 7) is 3.43. The fourth-order valence-corrected chi connectivity index (χ4v) is 5.61. The molecule has 0 unspecified atom stereocenters. The average Bonchev–Trinajstić information content (AvgIpc) is 2.95. The minimum Gasteiger partial charge on any atom is -0.486 e. The Morgan fingerprint density at radius 3 is 2.62 bits per heavy atom. The van der Waals surface area contributed by atoms with Gasteiger partial charge in [0.25, 0.3) is 11.8 Å². The molecule has 0 saturated heterocycles. The highest BCUT2D eigenvalue weighted by Crippen LogP contribution is 2.35. The van der Waals surface area contributed by atoms with Gasteiger partial charge in [-0.15, -0.1) is 0 Å². The molecule has 0 fully saturated rings. The number of para-hydroxylation sites is 1. The van der Waals surface area contributed by atoms with Crippen molar-refractivity contribution in [1.82, 2.24) is 19.2 Å². The lowest BCUT2D eigenvalue weighted by Crippen LogP contribution is -2.50. The lowest BCUT2D eigenvalue weighted by molar-refractivity contribution is 0.0388. The number of nitrogens with one attached hydrogen (secondary N) is 1. The summed E-state index contributed by atoms with van der Waals surface area (Å²) in [4.78, 5) is 36.0. The summed E-state index contributed by atoms with van der Waals surface area (Å²) in [5.74, 6) is -1.22. The second kappa shape index (κ2) is 12.3. The topological polar surface area (TPSA) is 142 Å². The minimum atomic E-state index is -3.90. The zero-order chi connectivity index (χ0) is 29.0. The molecule has 0 saturated carbocycles. The lowest BCUT2D eigenvalue weighted by atomic mass is 9.99. The monoisotopic (exact) mass is 587 g/mol.